The molecule has 1 amide bonds. The highest BCUT2D eigenvalue weighted by atomic mass is 19.4. The molecule has 0 spiro atoms. The zero-order valence-corrected chi connectivity index (χ0v) is 12.7. The molecule has 3 rings (SSSR count). The summed E-state index contributed by atoms with van der Waals surface area (Å²) >= 11 is 0. The van der Waals surface area contributed by atoms with Crippen molar-refractivity contribution in [3.05, 3.63) is 70.3 Å². The number of hydrogen-bond acceptors (Lipinski definition) is 2. The third kappa shape index (κ3) is 3.14. The molecule has 6 heteroatoms. The fraction of sp³-hybridized carbons (Fsp3) is 0.278. The standard InChI is InChI=1S/C18H16F3NO2/c19-18(20,21)16-4-2-1-3-15(16)12-7-5-11-6-8-13(17(23)22-24)10-14(11)9-12/h1-4,6,8,10,12,24H,5,7,9H2,(H,22,23). The number of benzene rings is 2. The zero-order valence-electron chi connectivity index (χ0n) is 12.7. The Morgan fingerprint density at radius 2 is 1.88 bits per heavy atom. The Kier molecular flexibility index (Phi) is 4.32. The maximum Gasteiger partial charge on any atom is 0.416 e. The van der Waals surface area contributed by atoms with Gasteiger partial charge >= 0.3 is 6.18 Å². The number of rotatable bonds is 2. The number of hydrogen-bond donors (Lipinski definition) is 2. The molecule has 0 radical (unpaired) electrons. The minimum Gasteiger partial charge on any atom is -0.288 e. The van der Waals surface area contributed by atoms with E-state index in [2.05, 4.69) is 0 Å². The summed E-state index contributed by atoms with van der Waals surface area (Å²) in [7, 11) is 0. The van der Waals surface area contributed by atoms with Gasteiger partial charge in [-0.05, 0) is 60.1 Å². The number of amides is 1. The third-order valence-corrected chi connectivity index (χ3v) is 4.50. The van der Waals surface area contributed by atoms with Crippen LogP contribution in [0, 0.1) is 0 Å². The molecule has 0 saturated heterocycles. The Morgan fingerprint density at radius 1 is 1.12 bits per heavy atom. The van der Waals surface area contributed by atoms with Crippen molar-refractivity contribution in [3.8, 4) is 0 Å². The quantitative estimate of drug-likeness (QED) is 0.641. The second-order valence-corrected chi connectivity index (χ2v) is 5.95. The molecule has 0 fully saturated rings. The van der Waals surface area contributed by atoms with Gasteiger partial charge in [0.2, 0.25) is 0 Å². The van der Waals surface area contributed by atoms with Crippen LogP contribution in [-0.2, 0) is 19.0 Å². The fourth-order valence-corrected chi connectivity index (χ4v) is 3.34. The number of carbonyl (C=O) groups is 1. The van der Waals surface area contributed by atoms with E-state index in [4.69, 9.17) is 5.21 Å². The van der Waals surface area contributed by atoms with Crippen LogP contribution < -0.4 is 5.48 Å². The summed E-state index contributed by atoms with van der Waals surface area (Å²) in [6.45, 7) is 0. The van der Waals surface area contributed by atoms with Crippen LogP contribution in [-0.4, -0.2) is 11.1 Å². The van der Waals surface area contributed by atoms with E-state index in [-0.39, 0.29) is 5.92 Å². The molecule has 2 N–H and O–H groups in total. The summed E-state index contributed by atoms with van der Waals surface area (Å²) in [4.78, 5) is 11.5. The lowest BCUT2D eigenvalue weighted by molar-refractivity contribution is -0.138. The van der Waals surface area contributed by atoms with E-state index >= 15 is 0 Å². The molecule has 1 unspecified atom stereocenters. The number of carbonyl (C=O) groups excluding carboxylic acids is 1. The van der Waals surface area contributed by atoms with Gasteiger partial charge in [0.05, 0.1) is 5.56 Å². The van der Waals surface area contributed by atoms with Gasteiger partial charge in [0.15, 0.2) is 0 Å². The smallest absolute Gasteiger partial charge is 0.288 e. The van der Waals surface area contributed by atoms with Crippen molar-refractivity contribution >= 4 is 5.91 Å². The summed E-state index contributed by atoms with van der Waals surface area (Å²) in [5.41, 5.74) is 3.45. The lowest BCUT2D eigenvalue weighted by Crippen LogP contribution is -2.21. The fourth-order valence-electron chi connectivity index (χ4n) is 3.34. The highest BCUT2D eigenvalue weighted by Gasteiger charge is 2.35. The molecule has 0 saturated carbocycles. The number of alkyl halides is 3. The average molecular weight is 335 g/mol. The summed E-state index contributed by atoms with van der Waals surface area (Å²) < 4.78 is 39.7. The molecule has 1 aliphatic carbocycles. The van der Waals surface area contributed by atoms with E-state index in [1.54, 1.807) is 29.7 Å². The lowest BCUT2D eigenvalue weighted by Gasteiger charge is -2.27. The molecule has 3 nitrogen and oxygen atoms in total. The number of hydroxylamine groups is 1. The average Bonchev–Trinajstić information content (AvgIpc) is 2.59. The van der Waals surface area contributed by atoms with Crippen molar-refractivity contribution in [2.45, 2.75) is 31.4 Å². The van der Waals surface area contributed by atoms with Gasteiger partial charge in [-0.15, -0.1) is 0 Å². The van der Waals surface area contributed by atoms with Crippen molar-refractivity contribution in [1.82, 2.24) is 5.48 Å². The van der Waals surface area contributed by atoms with Crippen molar-refractivity contribution in [3.63, 3.8) is 0 Å². The van der Waals surface area contributed by atoms with E-state index in [1.165, 1.54) is 12.1 Å². The molecule has 24 heavy (non-hydrogen) atoms. The van der Waals surface area contributed by atoms with Crippen LogP contribution in [0.1, 0.15) is 45.0 Å². The van der Waals surface area contributed by atoms with Gasteiger partial charge < -0.3 is 0 Å². The van der Waals surface area contributed by atoms with E-state index in [0.717, 1.165) is 17.2 Å². The maximum absolute atomic E-state index is 13.2. The van der Waals surface area contributed by atoms with Crippen LogP contribution in [0.2, 0.25) is 0 Å². The van der Waals surface area contributed by atoms with E-state index in [9.17, 15) is 18.0 Å². The minimum absolute atomic E-state index is 0.247. The van der Waals surface area contributed by atoms with Crippen molar-refractivity contribution in [2.75, 3.05) is 0 Å². The first-order valence-corrected chi connectivity index (χ1v) is 7.62. The first kappa shape index (κ1) is 16.5. The van der Waals surface area contributed by atoms with Crippen LogP contribution in [0.4, 0.5) is 13.2 Å². The maximum atomic E-state index is 13.2. The van der Waals surface area contributed by atoms with Crippen LogP contribution >= 0.6 is 0 Å². The van der Waals surface area contributed by atoms with Crippen LogP contribution in [0.15, 0.2) is 42.5 Å². The second-order valence-electron chi connectivity index (χ2n) is 5.95. The Hall–Kier alpha value is -2.34. The summed E-state index contributed by atoms with van der Waals surface area (Å²) in [5, 5.41) is 8.72. The van der Waals surface area contributed by atoms with Gasteiger partial charge in [-0.2, -0.15) is 13.2 Å². The Labute approximate surface area is 137 Å². The molecule has 126 valence electrons. The third-order valence-electron chi connectivity index (χ3n) is 4.50. The number of halogens is 3. The van der Waals surface area contributed by atoms with Crippen molar-refractivity contribution < 1.29 is 23.2 Å². The zero-order chi connectivity index (χ0) is 17.3. The molecule has 1 atom stereocenters. The van der Waals surface area contributed by atoms with E-state index < -0.39 is 17.6 Å². The van der Waals surface area contributed by atoms with Crippen LogP contribution in [0.3, 0.4) is 0 Å². The van der Waals surface area contributed by atoms with Gasteiger partial charge in [0.1, 0.15) is 0 Å². The molecule has 1 aliphatic rings. The number of fused-ring (bicyclic) bond motifs is 1. The molecular formula is C18H16F3NO2. The molecule has 0 aliphatic heterocycles. The monoisotopic (exact) mass is 335 g/mol. The highest BCUT2D eigenvalue weighted by Crippen LogP contribution is 2.40. The largest absolute Gasteiger partial charge is 0.416 e. The number of aryl methyl sites for hydroxylation is 1. The lowest BCUT2D eigenvalue weighted by atomic mass is 9.78. The predicted octanol–water partition coefficient (Wildman–Crippen LogP) is 4.10. The summed E-state index contributed by atoms with van der Waals surface area (Å²) in [6.07, 6.45) is -2.65. The summed E-state index contributed by atoms with van der Waals surface area (Å²) in [6, 6.07) is 10.7. The predicted molar refractivity (Wildman–Crippen MR) is 81.9 cm³/mol. The highest BCUT2D eigenvalue weighted by molar-refractivity contribution is 5.93. The Balaban J connectivity index is 1.94. The molecular weight excluding hydrogens is 319 g/mol. The van der Waals surface area contributed by atoms with Crippen LogP contribution in [0.25, 0.3) is 0 Å². The van der Waals surface area contributed by atoms with Gasteiger partial charge in [0.25, 0.3) is 5.91 Å². The number of nitrogens with one attached hydrogen (secondary N) is 1. The first-order chi connectivity index (χ1) is 11.4. The first-order valence-electron chi connectivity index (χ1n) is 7.62. The normalized spacial score (nSPS) is 17.2. The molecule has 2 aromatic carbocycles. The van der Waals surface area contributed by atoms with Crippen molar-refractivity contribution in [2.24, 2.45) is 0 Å². The van der Waals surface area contributed by atoms with E-state index in [1.807, 2.05) is 0 Å². The van der Waals surface area contributed by atoms with E-state index in [0.29, 0.717) is 30.4 Å². The molecule has 2 aromatic rings. The summed E-state index contributed by atoms with van der Waals surface area (Å²) in [5.74, 6) is -0.877. The topological polar surface area (TPSA) is 49.3 Å². The van der Waals surface area contributed by atoms with Gasteiger partial charge in [-0.3, -0.25) is 10.0 Å². The van der Waals surface area contributed by atoms with Gasteiger partial charge in [0, 0.05) is 5.56 Å². The van der Waals surface area contributed by atoms with Crippen LogP contribution in [0.5, 0.6) is 0 Å². The van der Waals surface area contributed by atoms with Gasteiger partial charge in [-0.25, -0.2) is 5.48 Å². The SMILES string of the molecule is O=C(NO)c1ccc2c(c1)CC(c1ccccc1C(F)(F)F)CC2. The molecule has 0 heterocycles. The van der Waals surface area contributed by atoms with Crippen molar-refractivity contribution in [1.29, 1.82) is 0 Å². The Bertz CT molecular complexity index is 771. The molecule has 0 bridgehead atoms. The molecule has 0 aromatic heterocycles. The van der Waals surface area contributed by atoms with Gasteiger partial charge in [-0.1, -0.05) is 24.3 Å². The minimum atomic E-state index is -4.38. The second kappa shape index (κ2) is 6.28. The Morgan fingerprint density at radius 3 is 2.58 bits per heavy atom.